The molecule has 1 aliphatic heterocycles. The van der Waals surface area contributed by atoms with E-state index in [1.165, 1.54) is 16.7 Å². The topological polar surface area (TPSA) is 278 Å². The van der Waals surface area contributed by atoms with Gasteiger partial charge in [-0.3, -0.25) is 38.4 Å². The molecule has 0 aromatic rings. The summed E-state index contributed by atoms with van der Waals surface area (Å²) in [6.07, 6.45) is 0.962. The molecule has 18 nitrogen and oxygen atoms in total. The average molecular weight is 717 g/mol. The van der Waals surface area contributed by atoms with Gasteiger partial charge in [0, 0.05) is 19.2 Å². The lowest BCUT2D eigenvalue weighted by Crippen LogP contribution is -2.61. The molecule has 0 spiro atoms. The molecular formula is C30H48N6O12S. The minimum Gasteiger partial charge on any atom is -0.481 e. The summed E-state index contributed by atoms with van der Waals surface area (Å²) >= 11 is 1.23. The largest absolute Gasteiger partial charge is 0.481 e. The Bertz CT molecular complexity index is 1250. The Kier molecular flexibility index (Phi) is 17.5. The van der Waals surface area contributed by atoms with Crippen LogP contribution in [0.25, 0.3) is 0 Å². The first-order valence-electron chi connectivity index (χ1n) is 15.8. The third kappa shape index (κ3) is 13.5. The van der Waals surface area contributed by atoms with Crippen molar-refractivity contribution in [3.05, 3.63) is 0 Å². The summed E-state index contributed by atoms with van der Waals surface area (Å²) in [4.78, 5) is 114. The van der Waals surface area contributed by atoms with Crippen molar-refractivity contribution in [1.29, 1.82) is 0 Å². The Morgan fingerprint density at radius 2 is 1.29 bits per heavy atom. The highest BCUT2D eigenvalue weighted by Gasteiger charge is 2.41. The van der Waals surface area contributed by atoms with Crippen LogP contribution in [-0.4, -0.2) is 128 Å². The fourth-order valence-electron chi connectivity index (χ4n) is 5.09. The smallest absolute Gasteiger partial charge is 0.327 e. The zero-order valence-electron chi connectivity index (χ0n) is 28.4. The maximum Gasteiger partial charge on any atom is 0.327 e. The molecule has 1 rings (SSSR count). The number of hydrogen-bond donors (Lipinski definition) is 8. The van der Waals surface area contributed by atoms with Crippen molar-refractivity contribution in [3.8, 4) is 0 Å². The van der Waals surface area contributed by atoms with E-state index in [4.69, 9.17) is 5.11 Å². The van der Waals surface area contributed by atoms with Crippen molar-refractivity contribution in [2.24, 2.45) is 11.8 Å². The number of amides is 6. The third-order valence-electron chi connectivity index (χ3n) is 7.89. The molecular weight excluding hydrogens is 668 g/mol. The second-order valence-corrected chi connectivity index (χ2v) is 13.1. The molecule has 276 valence electrons. The van der Waals surface area contributed by atoms with E-state index >= 15 is 0 Å². The summed E-state index contributed by atoms with van der Waals surface area (Å²) in [6.45, 7) is 7.87. The summed E-state index contributed by atoms with van der Waals surface area (Å²) < 4.78 is 0. The molecule has 1 aliphatic rings. The first kappa shape index (κ1) is 42.6. The molecule has 1 heterocycles. The van der Waals surface area contributed by atoms with Crippen molar-refractivity contribution in [3.63, 3.8) is 0 Å². The number of rotatable bonds is 20. The van der Waals surface area contributed by atoms with Crippen LogP contribution < -0.4 is 26.6 Å². The first-order chi connectivity index (χ1) is 22.8. The highest BCUT2D eigenvalue weighted by atomic mass is 32.2. The maximum absolute atomic E-state index is 13.8. The fraction of sp³-hybridized carbons (Fsp3) is 0.700. The zero-order chi connectivity index (χ0) is 37.6. The molecule has 0 aromatic carbocycles. The lowest BCUT2D eigenvalue weighted by molar-refractivity contribution is -0.145. The number of carboxylic acids is 3. The van der Waals surface area contributed by atoms with Crippen LogP contribution in [0.2, 0.25) is 0 Å². The van der Waals surface area contributed by atoms with E-state index in [0.717, 1.165) is 6.92 Å². The molecule has 7 atom stereocenters. The van der Waals surface area contributed by atoms with E-state index in [2.05, 4.69) is 26.6 Å². The van der Waals surface area contributed by atoms with Crippen LogP contribution in [0.1, 0.15) is 66.7 Å². The molecule has 1 saturated heterocycles. The van der Waals surface area contributed by atoms with Crippen molar-refractivity contribution in [2.45, 2.75) is 103 Å². The molecule has 0 radical (unpaired) electrons. The quantitative estimate of drug-likeness (QED) is 0.0715. The minimum atomic E-state index is -1.78. The van der Waals surface area contributed by atoms with E-state index in [1.54, 1.807) is 34.0 Å². The number of carbonyl (C=O) groups is 9. The summed E-state index contributed by atoms with van der Waals surface area (Å²) in [5, 5.41) is 39.8. The van der Waals surface area contributed by atoms with Crippen molar-refractivity contribution in [1.82, 2.24) is 31.5 Å². The summed E-state index contributed by atoms with van der Waals surface area (Å²) in [6, 6.07) is -8.03. The molecule has 0 unspecified atom stereocenters. The predicted octanol–water partition coefficient (Wildman–Crippen LogP) is -1.48. The molecule has 0 aliphatic carbocycles. The molecule has 49 heavy (non-hydrogen) atoms. The van der Waals surface area contributed by atoms with Gasteiger partial charge in [0.25, 0.3) is 0 Å². The van der Waals surface area contributed by atoms with E-state index in [-0.39, 0.29) is 18.7 Å². The molecule has 8 N–H and O–H groups in total. The Morgan fingerprint density at radius 3 is 1.76 bits per heavy atom. The standard InChI is InChI=1S/C30H48N6O12S/c1-7-15(4)24(35-26(43)18(12-22(40)41)32-25(42)17(11-21(38)39)31-16(5)37)28(45)34-23(14(2)3)29(46)36-10-8-9-20(36)27(44)33-19(13-49-6)30(47)48/h14-15,17-20,23-24H,7-13H2,1-6H3,(H,31,37)(H,32,42)(H,33,44)(H,34,45)(H,35,43)(H,38,39)(H,40,41)(H,47,48)/t15-,17-,18-,19-,20-,23-,24-/m0/s1. The fourth-order valence-corrected chi connectivity index (χ4v) is 5.65. The van der Waals surface area contributed by atoms with Gasteiger partial charge in [0.2, 0.25) is 35.4 Å². The van der Waals surface area contributed by atoms with Crippen molar-refractivity contribution in [2.75, 3.05) is 18.6 Å². The lowest BCUT2D eigenvalue weighted by Gasteiger charge is -2.33. The van der Waals surface area contributed by atoms with Crippen molar-refractivity contribution >= 4 is 65.1 Å². The molecule has 1 fully saturated rings. The first-order valence-corrected chi connectivity index (χ1v) is 17.2. The number of thioether (sulfide) groups is 1. The normalized spacial score (nSPS) is 17.8. The minimum absolute atomic E-state index is 0.115. The van der Waals surface area contributed by atoms with Crippen LogP contribution >= 0.6 is 11.8 Å². The SMILES string of the molecule is CC[C@H](C)[C@H](NC(=O)[C@H](CC(=O)O)NC(=O)[C@H](CC(=O)O)NC(C)=O)C(=O)N[C@H](C(=O)N1CCC[C@H]1C(=O)N[C@@H](CSC)C(=O)O)C(C)C. The van der Waals surface area contributed by atoms with Crippen LogP contribution in [0.15, 0.2) is 0 Å². The van der Waals surface area contributed by atoms with Gasteiger partial charge in [-0.2, -0.15) is 11.8 Å². The number of likely N-dealkylation sites (tertiary alicyclic amines) is 1. The lowest BCUT2D eigenvalue weighted by atomic mass is 9.95. The summed E-state index contributed by atoms with van der Waals surface area (Å²) in [5.41, 5.74) is 0. The number of nitrogens with zero attached hydrogens (tertiary/aromatic N) is 1. The Morgan fingerprint density at radius 1 is 0.755 bits per heavy atom. The molecule has 19 heteroatoms. The summed E-state index contributed by atoms with van der Waals surface area (Å²) in [7, 11) is 0. The van der Waals surface area contributed by atoms with Gasteiger partial charge in [-0.25, -0.2) is 4.79 Å². The van der Waals surface area contributed by atoms with Crippen LogP contribution in [0.4, 0.5) is 0 Å². The van der Waals surface area contributed by atoms with Gasteiger partial charge in [0.15, 0.2) is 0 Å². The van der Waals surface area contributed by atoms with E-state index in [0.29, 0.717) is 12.8 Å². The van der Waals surface area contributed by atoms with Crippen LogP contribution in [0, 0.1) is 11.8 Å². The van der Waals surface area contributed by atoms with Crippen LogP contribution in [-0.2, 0) is 43.2 Å². The van der Waals surface area contributed by atoms with Gasteiger partial charge < -0.3 is 46.8 Å². The van der Waals surface area contributed by atoms with Gasteiger partial charge in [-0.1, -0.05) is 34.1 Å². The predicted molar refractivity (Wildman–Crippen MR) is 175 cm³/mol. The van der Waals surface area contributed by atoms with E-state index in [1.807, 2.05) is 0 Å². The van der Waals surface area contributed by atoms with Crippen LogP contribution in [0.3, 0.4) is 0 Å². The second-order valence-electron chi connectivity index (χ2n) is 12.2. The van der Waals surface area contributed by atoms with Crippen LogP contribution in [0.5, 0.6) is 0 Å². The van der Waals surface area contributed by atoms with E-state index < -0.39 is 114 Å². The highest BCUT2D eigenvalue weighted by molar-refractivity contribution is 7.98. The molecule has 0 bridgehead atoms. The zero-order valence-corrected chi connectivity index (χ0v) is 29.3. The Balaban J connectivity index is 3.23. The van der Waals surface area contributed by atoms with E-state index in [9.17, 15) is 53.4 Å². The highest BCUT2D eigenvalue weighted by Crippen LogP contribution is 2.21. The number of hydrogen-bond acceptors (Lipinski definition) is 10. The van der Waals surface area contributed by atoms with Gasteiger partial charge in [0.05, 0.1) is 12.8 Å². The monoisotopic (exact) mass is 716 g/mol. The number of nitrogens with one attached hydrogen (secondary N) is 5. The third-order valence-corrected chi connectivity index (χ3v) is 8.56. The second kappa shape index (κ2) is 20.2. The summed E-state index contributed by atoms with van der Waals surface area (Å²) in [5.74, 6) is -10.1. The Hall–Kier alpha value is -4.42. The van der Waals surface area contributed by atoms with Gasteiger partial charge in [-0.05, 0) is 30.9 Å². The Labute approximate surface area is 288 Å². The van der Waals surface area contributed by atoms with Crippen molar-refractivity contribution < 1.29 is 58.5 Å². The van der Waals surface area contributed by atoms with Gasteiger partial charge in [0.1, 0.15) is 36.3 Å². The average Bonchev–Trinajstić information content (AvgIpc) is 3.50. The maximum atomic E-state index is 13.8. The number of carbonyl (C=O) groups excluding carboxylic acids is 6. The molecule has 0 aromatic heterocycles. The number of aliphatic carboxylic acids is 3. The number of carboxylic acid groups (broad SMARTS) is 3. The molecule has 0 saturated carbocycles. The molecule has 6 amide bonds. The van der Waals surface area contributed by atoms with Gasteiger partial charge >= 0.3 is 17.9 Å². The van der Waals surface area contributed by atoms with Gasteiger partial charge in [-0.15, -0.1) is 0 Å².